The first kappa shape index (κ1) is 11.9. The molecule has 17 heavy (non-hydrogen) atoms. The number of thiophene rings is 1. The van der Waals surface area contributed by atoms with Crippen molar-refractivity contribution < 1.29 is 4.79 Å². The maximum Gasteiger partial charge on any atom is 0.220 e. The molecule has 0 radical (unpaired) electrons. The summed E-state index contributed by atoms with van der Waals surface area (Å²) in [6, 6.07) is 12.1. The Bertz CT molecular complexity index is 450. The molecule has 0 unspecified atom stereocenters. The van der Waals surface area contributed by atoms with Crippen LogP contribution in [0.3, 0.4) is 0 Å². The van der Waals surface area contributed by atoms with E-state index in [2.05, 4.69) is 10.7 Å². The van der Waals surface area contributed by atoms with E-state index in [1.807, 2.05) is 41.8 Å². The third kappa shape index (κ3) is 4.04. The molecule has 0 atom stereocenters. The molecule has 1 heterocycles. The molecule has 1 aromatic carbocycles. The van der Waals surface area contributed by atoms with Crippen molar-refractivity contribution >= 4 is 17.2 Å². The van der Waals surface area contributed by atoms with E-state index in [0.29, 0.717) is 13.0 Å². The van der Waals surface area contributed by atoms with E-state index >= 15 is 0 Å². The molecule has 1 amide bonds. The van der Waals surface area contributed by atoms with Gasteiger partial charge in [-0.15, -0.1) is 0 Å². The molecule has 2 aromatic rings. The molecule has 0 aliphatic rings. The number of hydrogen-bond donors (Lipinski definition) is 1. The zero-order chi connectivity index (χ0) is 11.9. The topological polar surface area (TPSA) is 29.1 Å². The number of nitrogens with one attached hydrogen (secondary N) is 1. The van der Waals surface area contributed by atoms with E-state index in [9.17, 15) is 4.79 Å². The van der Waals surface area contributed by atoms with Crippen LogP contribution in [0.1, 0.15) is 17.5 Å². The van der Waals surface area contributed by atoms with E-state index in [4.69, 9.17) is 0 Å². The third-order valence-electron chi connectivity index (χ3n) is 2.55. The second kappa shape index (κ2) is 6.21. The van der Waals surface area contributed by atoms with Crippen molar-refractivity contribution in [2.75, 3.05) is 0 Å². The number of hydrogen-bond acceptors (Lipinski definition) is 2. The fourth-order valence-electron chi connectivity index (χ4n) is 1.58. The Morgan fingerprint density at radius 1 is 1.12 bits per heavy atom. The molecule has 0 aliphatic heterocycles. The van der Waals surface area contributed by atoms with E-state index < -0.39 is 0 Å². The van der Waals surface area contributed by atoms with Crippen LogP contribution in [0.4, 0.5) is 0 Å². The minimum absolute atomic E-state index is 0.111. The quantitative estimate of drug-likeness (QED) is 0.862. The average Bonchev–Trinajstić information content (AvgIpc) is 2.88. The van der Waals surface area contributed by atoms with Gasteiger partial charge in [0.15, 0.2) is 0 Å². The molecule has 0 aliphatic carbocycles. The summed E-state index contributed by atoms with van der Waals surface area (Å²) >= 11 is 1.65. The van der Waals surface area contributed by atoms with Crippen LogP contribution in [0.15, 0.2) is 47.2 Å². The Morgan fingerprint density at radius 3 is 2.65 bits per heavy atom. The van der Waals surface area contributed by atoms with Gasteiger partial charge < -0.3 is 5.32 Å². The molecule has 0 bridgehead atoms. The van der Waals surface area contributed by atoms with Crippen LogP contribution >= 0.6 is 11.3 Å². The van der Waals surface area contributed by atoms with Crippen LogP contribution in [0, 0.1) is 0 Å². The smallest absolute Gasteiger partial charge is 0.220 e. The lowest BCUT2D eigenvalue weighted by Gasteiger charge is -2.03. The Kier molecular flexibility index (Phi) is 4.33. The van der Waals surface area contributed by atoms with Crippen molar-refractivity contribution in [2.24, 2.45) is 0 Å². The Balaban J connectivity index is 1.71. The van der Waals surface area contributed by atoms with E-state index in [1.165, 1.54) is 11.1 Å². The average molecular weight is 245 g/mol. The van der Waals surface area contributed by atoms with Gasteiger partial charge in [0.05, 0.1) is 0 Å². The summed E-state index contributed by atoms with van der Waals surface area (Å²) in [6.45, 7) is 0.636. The molecular formula is C14H15NOS. The van der Waals surface area contributed by atoms with E-state index in [1.54, 1.807) is 11.3 Å². The van der Waals surface area contributed by atoms with Gasteiger partial charge in [0.1, 0.15) is 0 Å². The lowest BCUT2D eigenvalue weighted by atomic mass is 10.1. The monoisotopic (exact) mass is 245 g/mol. The maximum atomic E-state index is 11.6. The van der Waals surface area contributed by atoms with Gasteiger partial charge in [-0.05, 0) is 34.4 Å². The number of benzene rings is 1. The van der Waals surface area contributed by atoms with Gasteiger partial charge in [-0.1, -0.05) is 30.3 Å². The lowest BCUT2D eigenvalue weighted by molar-refractivity contribution is -0.121. The summed E-state index contributed by atoms with van der Waals surface area (Å²) in [4.78, 5) is 11.6. The Labute approximate surface area is 105 Å². The summed E-state index contributed by atoms with van der Waals surface area (Å²) in [7, 11) is 0. The maximum absolute atomic E-state index is 11.6. The van der Waals surface area contributed by atoms with Crippen LogP contribution < -0.4 is 5.32 Å². The summed E-state index contributed by atoms with van der Waals surface area (Å²) in [5, 5.41) is 7.00. The van der Waals surface area contributed by atoms with E-state index in [0.717, 1.165) is 6.42 Å². The minimum atomic E-state index is 0.111. The molecule has 0 spiro atoms. The predicted octanol–water partition coefficient (Wildman–Crippen LogP) is 3.00. The van der Waals surface area contributed by atoms with Crippen LogP contribution in [0.5, 0.6) is 0 Å². The van der Waals surface area contributed by atoms with Gasteiger partial charge in [0.25, 0.3) is 0 Å². The van der Waals surface area contributed by atoms with Crippen molar-refractivity contribution in [1.29, 1.82) is 0 Å². The van der Waals surface area contributed by atoms with Crippen molar-refractivity contribution in [3.05, 3.63) is 58.3 Å². The molecule has 0 fully saturated rings. The zero-order valence-corrected chi connectivity index (χ0v) is 10.4. The highest BCUT2D eigenvalue weighted by atomic mass is 32.1. The van der Waals surface area contributed by atoms with Gasteiger partial charge in [-0.2, -0.15) is 11.3 Å². The second-order valence-corrected chi connectivity index (χ2v) is 4.67. The molecule has 2 rings (SSSR count). The van der Waals surface area contributed by atoms with Gasteiger partial charge in [0, 0.05) is 13.0 Å². The van der Waals surface area contributed by atoms with Gasteiger partial charge in [-0.25, -0.2) is 0 Å². The number of rotatable bonds is 5. The number of carbonyl (C=O) groups is 1. The van der Waals surface area contributed by atoms with Gasteiger partial charge in [0.2, 0.25) is 5.91 Å². The highest BCUT2D eigenvalue weighted by molar-refractivity contribution is 7.07. The predicted molar refractivity (Wildman–Crippen MR) is 70.9 cm³/mol. The van der Waals surface area contributed by atoms with Gasteiger partial charge in [-0.3, -0.25) is 4.79 Å². The SMILES string of the molecule is O=C(CCc1ccccc1)NCc1ccsc1. The molecular weight excluding hydrogens is 230 g/mol. The Hall–Kier alpha value is -1.61. The van der Waals surface area contributed by atoms with Crippen LogP contribution in [-0.2, 0) is 17.8 Å². The first-order valence-corrected chi connectivity index (χ1v) is 6.60. The highest BCUT2D eigenvalue weighted by Crippen LogP contribution is 2.06. The molecule has 1 N–H and O–H groups in total. The summed E-state index contributed by atoms with van der Waals surface area (Å²) in [5.41, 5.74) is 2.38. The molecule has 0 saturated heterocycles. The molecule has 2 nitrogen and oxygen atoms in total. The number of amides is 1. The largest absolute Gasteiger partial charge is 0.352 e. The standard InChI is InChI=1S/C14H15NOS/c16-14(15-10-13-8-9-17-11-13)7-6-12-4-2-1-3-5-12/h1-5,8-9,11H,6-7,10H2,(H,15,16). The molecule has 88 valence electrons. The number of carbonyl (C=O) groups excluding carboxylic acids is 1. The fraction of sp³-hybridized carbons (Fsp3) is 0.214. The second-order valence-electron chi connectivity index (χ2n) is 3.89. The van der Waals surface area contributed by atoms with Crippen LogP contribution in [-0.4, -0.2) is 5.91 Å². The van der Waals surface area contributed by atoms with Crippen LogP contribution in [0.25, 0.3) is 0 Å². The van der Waals surface area contributed by atoms with Crippen molar-refractivity contribution in [3.8, 4) is 0 Å². The van der Waals surface area contributed by atoms with Gasteiger partial charge >= 0.3 is 0 Å². The normalized spacial score (nSPS) is 10.1. The summed E-state index contributed by atoms with van der Waals surface area (Å²) in [5.74, 6) is 0.111. The molecule has 0 saturated carbocycles. The van der Waals surface area contributed by atoms with Crippen molar-refractivity contribution in [1.82, 2.24) is 5.32 Å². The lowest BCUT2D eigenvalue weighted by Crippen LogP contribution is -2.22. The zero-order valence-electron chi connectivity index (χ0n) is 9.56. The van der Waals surface area contributed by atoms with Crippen molar-refractivity contribution in [2.45, 2.75) is 19.4 Å². The van der Waals surface area contributed by atoms with Crippen LogP contribution in [0.2, 0.25) is 0 Å². The van der Waals surface area contributed by atoms with E-state index in [-0.39, 0.29) is 5.91 Å². The first-order chi connectivity index (χ1) is 8.34. The fourth-order valence-corrected chi connectivity index (χ4v) is 2.25. The molecule has 1 aromatic heterocycles. The summed E-state index contributed by atoms with van der Waals surface area (Å²) < 4.78 is 0. The minimum Gasteiger partial charge on any atom is -0.352 e. The highest BCUT2D eigenvalue weighted by Gasteiger charge is 2.02. The Morgan fingerprint density at radius 2 is 1.94 bits per heavy atom. The first-order valence-electron chi connectivity index (χ1n) is 5.66. The summed E-state index contributed by atoms with van der Waals surface area (Å²) in [6.07, 6.45) is 1.35. The van der Waals surface area contributed by atoms with Crippen molar-refractivity contribution in [3.63, 3.8) is 0 Å². The number of aryl methyl sites for hydroxylation is 1. The molecule has 3 heteroatoms. The third-order valence-corrected chi connectivity index (χ3v) is 3.29.